The van der Waals surface area contributed by atoms with Gasteiger partial charge in [0.05, 0.1) is 36.1 Å². The van der Waals surface area contributed by atoms with E-state index in [0.29, 0.717) is 19.4 Å². The van der Waals surface area contributed by atoms with Crippen molar-refractivity contribution in [3.8, 4) is 0 Å². The van der Waals surface area contributed by atoms with Crippen molar-refractivity contribution >= 4 is 11.8 Å². The molecule has 1 aromatic carbocycles. The first-order chi connectivity index (χ1) is 15.7. The molecule has 0 fully saturated rings. The second-order valence-corrected chi connectivity index (χ2v) is 7.72. The number of nitrogens with one attached hydrogen (secondary N) is 2. The summed E-state index contributed by atoms with van der Waals surface area (Å²) in [7, 11) is 1.81. The number of carbonyl (C=O) groups excluding carboxylic acids is 2. The first-order valence-corrected chi connectivity index (χ1v) is 10.5. The van der Waals surface area contributed by atoms with Crippen molar-refractivity contribution in [3.05, 3.63) is 59.2 Å². The van der Waals surface area contributed by atoms with E-state index < -0.39 is 23.6 Å². The molecule has 2 atom stereocenters. The van der Waals surface area contributed by atoms with E-state index in [0.717, 1.165) is 23.5 Å². The van der Waals surface area contributed by atoms with Crippen LogP contribution in [0.25, 0.3) is 0 Å². The van der Waals surface area contributed by atoms with E-state index in [2.05, 4.69) is 31.3 Å². The molecule has 33 heavy (non-hydrogen) atoms. The minimum absolute atomic E-state index is 0.0520. The minimum Gasteiger partial charge on any atom is -0.356 e. The largest absolute Gasteiger partial charge is 0.356 e. The topological polar surface area (TPSA) is 120 Å². The van der Waals surface area contributed by atoms with Crippen LogP contribution in [0.4, 0.5) is 8.78 Å². The maximum atomic E-state index is 14.1. The molecule has 0 bridgehead atoms. The Hall–Kier alpha value is -3.70. The Balaban J connectivity index is 1.49. The summed E-state index contributed by atoms with van der Waals surface area (Å²) in [5.74, 6) is -2.33. The SMILES string of the molecule is CC(=O)NC(CC(=O)NCCCc1cn([C@H](C)c2cnnn2C)nn1)c1ccc(F)cc1F. The van der Waals surface area contributed by atoms with Gasteiger partial charge in [-0.2, -0.15) is 0 Å². The van der Waals surface area contributed by atoms with Crippen molar-refractivity contribution in [2.24, 2.45) is 7.05 Å². The molecule has 2 N–H and O–H groups in total. The van der Waals surface area contributed by atoms with Gasteiger partial charge in [0.1, 0.15) is 11.6 Å². The van der Waals surface area contributed by atoms with Crippen LogP contribution in [0.1, 0.15) is 55.7 Å². The van der Waals surface area contributed by atoms with Gasteiger partial charge in [0.2, 0.25) is 11.8 Å². The van der Waals surface area contributed by atoms with Crippen molar-refractivity contribution in [1.29, 1.82) is 0 Å². The van der Waals surface area contributed by atoms with E-state index in [1.54, 1.807) is 22.6 Å². The first kappa shape index (κ1) is 24.0. The van der Waals surface area contributed by atoms with Crippen molar-refractivity contribution in [1.82, 2.24) is 40.6 Å². The number of carbonyl (C=O) groups is 2. The van der Waals surface area contributed by atoms with Crippen LogP contribution in [0, 0.1) is 11.6 Å². The fraction of sp³-hybridized carbons (Fsp3) is 0.429. The number of hydrogen-bond donors (Lipinski definition) is 2. The average Bonchev–Trinajstić information content (AvgIpc) is 3.39. The van der Waals surface area contributed by atoms with Crippen LogP contribution in [0.2, 0.25) is 0 Å². The second-order valence-electron chi connectivity index (χ2n) is 7.72. The van der Waals surface area contributed by atoms with Crippen LogP contribution in [-0.2, 0) is 23.1 Å². The highest BCUT2D eigenvalue weighted by Gasteiger charge is 2.21. The molecule has 3 aromatic rings. The van der Waals surface area contributed by atoms with Gasteiger partial charge in [0.25, 0.3) is 0 Å². The lowest BCUT2D eigenvalue weighted by Gasteiger charge is -2.18. The lowest BCUT2D eigenvalue weighted by Crippen LogP contribution is -2.33. The number of hydrogen-bond acceptors (Lipinski definition) is 6. The summed E-state index contributed by atoms with van der Waals surface area (Å²) in [5.41, 5.74) is 1.72. The number of rotatable bonds is 10. The van der Waals surface area contributed by atoms with Crippen molar-refractivity contribution in [2.75, 3.05) is 6.54 Å². The molecule has 0 aliphatic heterocycles. The molecule has 0 saturated heterocycles. The summed E-state index contributed by atoms with van der Waals surface area (Å²) < 4.78 is 30.7. The molecule has 0 radical (unpaired) electrons. The maximum absolute atomic E-state index is 14.1. The number of halogens is 2. The molecule has 10 nitrogen and oxygen atoms in total. The lowest BCUT2D eigenvalue weighted by molar-refractivity contribution is -0.122. The van der Waals surface area contributed by atoms with E-state index in [4.69, 9.17) is 0 Å². The van der Waals surface area contributed by atoms with Crippen LogP contribution in [0.3, 0.4) is 0 Å². The van der Waals surface area contributed by atoms with Gasteiger partial charge in [-0.25, -0.2) is 13.5 Å². The van der Waals surface area contributed by atoms with Gasteiger partial charge in [-0.05, 0) is 25.8 Å². The van der Waals surface area contributed by atoms with Gasteiger partial charge in [-0.3, -0.25) is 14.3 Å². The summed E-state index contributed by atoms with van der Waals surface area (Å²) in [5, 5.41) is 21.4. The lowest BCUT2D eigenvalue weighted by atomic mass is 10.0. The van der Waals surface area contributed by atoms with E-state index in [1.165, 1.54) is 13.0 Å². The zero-order valence-corrected chi connectivity index (χ0v) is 18.6. The van der Waals surface area contributed by atoms with Gasteiger partial charge in [0, 0.05) is 38.3 Å². The molecule has 1 unspecified atom stereocenters. The molecule has 3 rings (SSSR count). The third kappa shape index (κ3) is 6.40. The zero-order chi connectivity index (χ0) is 24.0. The fourth-order valence-corrected chi connectivity index (χ4v) is 3.45. The first-order valence-electron chi connectivity index (χ1n) is 10.5. The third-order valence-corrected chi connectivity index (χ3v) is 5.17. The Morgan fingerprint density at radius 3 is 2.67 bits per heavy atom. The molecule has 0 spiro atoms. The molecular formula is C21H26F2N8O2. The molecule has 12 heteroatoms. The maximum Gasteiger partial charge on any atom is 0.222 e. The quantitative estimate of drug-likeness (QED) is 0.444. The molecule has 0 aliphatic rings. The summed E-state index contributed by atoms with van der Waals surface area (Å²) >= 11 is 0. The van der Waals surface area contributed by atoms with Gasteiger partial charge >= 0.3 is 0 Å². The average molecular weight is 460 g/mol. The van der Waals surface area contributed by atoms with Crippen LogP contribution in [0.5, 0.6) is 0 Å². The van der Waals surface area contributed by atoms with Gasteiger partial charge in [0.15, 0.2) is 0 Å². The number of aryl methyl sites for hydroxylation is 2. The number of aromatic nitrogens is 6. The predicted octanol–water partition coefficient (Wildman–Crippen LogP) is 1.61. The van der Waals surface area contributed by atoms with E-state index in [-0.39, 0.29) is 23.9 Å². The molecular weight excluding hydrogens is 434 g/mol. The fourth-order valence-electron chi connectivity index (χ4n) is 3.45. The van der Waals surface area contributed by atoms with Crippen LogP contribution in [0.15, 0.2) is 30.6 Å². The monoisotopic (exact) mass is 460 g/mol. The summed E-state index contributed by atoms with van der Waals surface area (Å²) in [6, 6.07) is 2.06. The highest BCUT2D eigenvalue weighted by molar-refractivity contribution is 5.79. The molecule has 2 amide bonds. The normalized spacial score (nSPS) is 12.9. The summed E-state index contributed by atoms with van der Waals surface area (Å²) in [6.07, 6.45) is 4.55. The van der Waals surface area contributed by atoms with Gasteiger partial charge < -0.3 is 10.6 Å². The van der Waals surface area contributed by atoms with Crippen molar-refractivity contribution < 1.29 is 18.4 Å². The van der Waals surface area contributed by atoms with Crippen LogP contribution < -0.4 is 10.6 Å². The molecule has 2 heterocycles. The van der Waals surface area contributed by atoms with Crippen molar-refractivity contribution in [3.63, 3.8) is 0 Å². The highest BCUT2D eigenvalue weighted by atomic mass is 19.1. The van der Waals surface area contributed by atoms with E-state index in [9.17, 15) is 18.4 Å². The number of benzene rings is 1. The van der Waals surface area contributed by atoms with E-state index >= 15 is 0 Å². The minimum atomic E-state index is -0.897. The smallest absolute Gasteiger partial charge is 0.222 e. The third-order valence-electron chi connectivity index (χ3n) is 5.17. The van der Waals surface area contributed by atoms with Gasteiger partial charge in [-0.15, -0.1) is 10.2 Å². The Morgan fingerprint density at radius 1 is 1.21 bits per heavy atom. The zero-order valence-electron chi connectivity index (χ0n) is 18.6. The Morgan fingerprint density at radius 2 is 2.00 bits per heavy atom. The highest BCUT2D eigenvalue weighted by Crippen LogP contribution is 2.21. The standard InChI is InChI=1S/C21H26F2N8O2/c1-13(20-11-25-28-30(20)3)31-12-16(27-29-31)5-4-8-24-21(33)10-19(26-14(2)32)17-7-6-15(22)9-18(17)23/h6-7,9,11-13,19H,4-5,8,10H2,1-3H3,(H,24,33)(H,26,32)/t13-,19?/m1/s1. The molecule has 2 aromatic heterocycles. The Kier molecular flexibility index (Phi) is 7.80. The summed E-state index contributed by atoms with van der Waals surface area (Å²) in [6.45, 7) is 3.60. The molecule has 0 saturated carbocycles. The second kappa shape index (κ2) is 10.7. The predicted molar refractivity (Wildman–Crippen MR) is 114 cm³/mol. The Bertz CT molecular complexity index is 1110. The summed E-state index contributed by atoms with van der Waals surface area (Å²) in [4.78, 5) is 23.8. The van der Waals surface area contributed by atoms with Crippen LogP contribution >= 0.6 is 0 Å². The van der Waals surface area contributed by atoms with Gasteiger partial charge in [-0.1, -0.05) is 16.5 Å². The molecule has 176 valence electrons. The Labute approximate surface area is 189 Å². The number of nitrogens with zero attached hydrogens (tertiary/aromatic N) is 6. The van der Waals surface area contributed by atoms with E-state index in [1.807, 2.05) is 13.1 Å². The van der Waals surface area contributed by atoms with Crippen molar-refractivity contribution in [2.45, 2.75) is 45.2 Å². The number of amides is 2. The van der Waals surface area contributed by atoms with Crippen LogP contribution in [-0.4, -0.2) is 48.3 Å². The molecule has 0 aliphatic carbocycles.